The predicted molar refractivity (Wildman–Crippen MR) is 232 cm³/mol. The molecule has 0 fully saturated rings. The van der Waals surface area contributed by atoms with E-state index in [0.29, 0.717) is 25.9 Å². The van der Waals surface area contributed by atoms with Crippen molar-refractivity contribution < 1.29 is 24.5 Å². The zero-order valence-electron chi connectivity index (χ0n) is 36.0. The maximum atomic E-state index is 12.4. The highest BCUT2D eigenvalue weighted by atomic mass is 16.5. The summed E-state index contributed by atoms with van der Waals surface area (Å²) in [6.45, 7) is 4.85. The molecule has 0 aromatic carbocycles. The summed E-state index contributed by atoms with van der Waals surface area (Å²) in [7, 11) is 0. The van der Waals surface area contributed by atoms with E-state index in [1.165, 1.54) is 141 Å². The Balaban J connectivity index is 3.47. The number of ether oxygens (including phenoxy) is 1. The minimum Gasteiger partial charge on any atom is -0.466 e. The van der Waals surface area contributed by atoms with E-state index in [0.717, 1.165) is 70.6 Å². The Morgan fingerprint density at radius 1 is 0.519 bits per heavy atom. The van der Waals surface area contributed by atoms with Crippen LogP contribution in [0.1, 0.15) is 245 Å². The summed E-state index contributed by atoms with van der Waals surface area (Å²) in [6, 6.07) is -0.552. The van der Waals surface area contributed by atoms with Gasteiger partial charge in [0.25, 0.3) is 0 Å². The zero-order chi connectivity index (χ0) is 39.4. The van der Waals surface area contributed by atoms with Crippen LogP contribution in [0.4, 0.5) is 0 Å². The van der Waals surface area contributed by atoms with Crippen molar-refractivity contribution in [2.75, 3.05) is 13.2 Å². The van der Waals surface area contributed by atoms with Gasteiger partial charge in [-0.1, -0.05) is 205 Å². The van der Waals surface area contributed by atoms with Crippen molar-refractivity contribution in [2.24, 2.45) is 0 Å². The molecule has 0 saturated heterocycles. The fraction of sp³-hybridized carbons (Fsp3) is 0.875. The van der Waals surface area contributed by atoms with Crippen molar-refractivity contribution in [3.8, 4) is 0 Å². The first kappa shape index (κ1) is 52.3. The second-order valence-corrected chi connectivity index (χ2v) is 16.1. The maximum absolute atomic E-state index is 12.4. The summed E-state index contributed by atoms with van der Waals surface area (Å²) in [5.41, 5.74) is 0. The van der Waals surface area contributed by atoms with Crippen LogP contribution in [0.3, 0.4) is 0 Å². The van der Waals surface area contributed by atoms with E-state index in [4.69, 9.17) is 4.74 Å². The minimum atomic E-state index is -0.673. The first-order valence-electron chi connectivity index (χ1n) is 23.6. The standard InChI is InChI=1S/C48H91NO5/c1-3-5-7-9-11-13-15-16-17-22-26-30-34-38-42-48(53)54-43-39-35-31-27-23-19-18-21-25-29-33-37-41-47(52)49-45(44-50)46(51)40-36-32-28-24-20-14-12-10-8-6-4-2/h9,11,15-16,45-46,50-51H,3-8,10,12-14,17-44H2,1-2H3,(H,49,52)/b11-9-,16-15-. The molecule has 6 nitrogen and oxygen atoms in total. The van der Waals surface area contributed by atoms with Gasteiger partial charge in [0.2, 0.25) is 5.91 Å². The van der Waals surface area contributed by atoms with E-state index in [1.54, 1.807) is 0 Å². The molecule has 0 saturated carbocycles. The lowest BCUT2D eigenvalue weighted by atomic mass is 10.0. The quantitative estimate of drug-likeness (QED) is 0.0327. The first-order chi connectivity index (χ1) is 26.5. The van der Waals surface area contributed by atoms with Crippen LogP contribution >= 0.6 is 0 Å². The Morgan fingerprint density at radius 2 is 0.944 bits per heavy atom. The second kappa shape index (κ2) is 44.1. The molecule has 0 spiro atoms. The maximum Gasteiger partial charge on any atom is 0.305 e. The number of aliphatic hydroxyl groups excluding tert-OH is 2. The fourth-order valence-corrected chi connectivity index (χ4v) is 7.07. The van der Waals surface area contributed by atoms with Gasteiger partial charge in [-0.2, -0.15) is 0 Å². The third-order valence-corrected chi connectivity index (χ3v) is 10.8. The summed E-state index contributed by atoms with van der Waals surface area (Å²) in [6.07, 6.45) is 49.9. The molecule has 1 amide bonds. The van der Waals surface area contributed by atoms with E-state index in [-0.39, 0.29) is 18.5 Å². The monoisotopic (exact) mass is 762 g/mol. The molecular weight excluding hydrogens is 671 g/mol. The van der Waals surface area contributed by atoms with E-state index in [9.17, 15) is 19.8 Å². The highest BCUT2D eigenvalue weighted by Crippen LogP contribution is 2.15. The Kier molecular flexibility index (Phi) is 42.7. The van der Waals surface area contributed by atoms with Crippen LogP contribution in [0.25, 0.3) is 0 Å². The van der Waals surface area contributed by atoms with Crippen molar-refractivity contribution in [1.29, 1.82) is 0 Å². The Labute approximate surface area is 335 Å². The lowest BCUT2D eigenvalue weighted by molar-refractivity contribution is -0.143. The van der Waals surface area contributed by atoms with Crippen molar-refractivity contribution in [3.05, 3.63) is 24.3 Å². The van der Waals surface area contributed by atoms with Crippen LogP contribution in [0, 0.1) is 0 Å². The fourth-order valence-electron chi connectivity index (χ4n) is 7.07. The number of hydrogen-bond donors (Lipinski definition) is 3. The number of esters is 1. The normalized spacial score (nSPS) is 12.9. The van der Waals surface area contributed by atoms with Gasteiger partial charge in [0, 0.05) is 12.8 Å². The van der Waals surface area contributed by atoms with Crippen LogP contribution in [-0.4, -0.2) is 47.4 Å². The predicted octanol–water partition coefficient (Wildman–Crippen LogP) is 13.6. The van der Waals surface area contributed by atoms with Gasteiger partial charge in [0.15, 0.2) is 0 Å². The molecule has 6 heteroatoms. The molecule has 0 aromatic heterocycles. The largest absolute Gasteiger partial charge is 0.466 e. The van der Waals surface area contributed by atoms with Crippen LogP contribution < -0.4 is 5.32 Å². The molecule has 3 N–H and O–H groups in total. The zero-order valence-corrected chi connectivity index (χ0v) is 36.0. The number of amides is 1. The van der Waals surface area contributed by atoms with Gasteiger partial charge in [0.05, 0.1) is 25.4 Å². The highest BCUT2D eigenvalue weighted by molar-refractivity contribution is 5.76. The summed E-state index contributed by atoms with van der Waals surface area (Å²) in [5, 5.41) is 23.1. The van der Waals surface area contributed by atoms with Crippen molar-refractivity contribution >= 4 is 11.9 Å². The van der Waals surface area contributed by atoms with Gasteiger partial charge in [0.1, 0.15) is 0 Å². The molecule has 0 rings (SSSR count). The molecule has 318 valence electrons. The van der Waals surface area contributed by atoms with Crippen molar-refractivity contribution in [2.45, 2.75) is 257 Å². The SMILES string of the molecule is CCCC/C=C\C/C=C\CCCCCCCC(=O)OCCCCCCCCCCCCCCC(=O)NC(CO)C(O)CCCCCCCCCCCCC. The minimum absolute atomic E-state index is 0.0245. The van der Waals surface area contributed by atoms with E-state index < -0.39 is 12.1 Å². The molecule has 0 bridgehead atoms. The van der Waals surface area contributed by atoms with Gasteiger partial charge in [-0.05, 0) is 51.4 Å². The van der Waals surface area contributed by atoms with Crippen LogP contribution in [0.5, 0.6) is 0 Å². The van der Waals surface area contributed by atoms with E-state index in [2.05, 4.69) is 43.5 Å². The number of carbonyl (C=O) groups excluding carboxylic acids is 2. The number of rotatable bonds is 43. The number of nitrogens with one attached hydrogen (secondary N) is 1. The third-order valence-electron chi connectivity index (χ3n) is 10.8. The Morgan fingerprint density at radius 3 is 1.46 bits per heavy atom. The molecule has 2 atom stereocenters. The molecule has 54 heavy (non-hydrogen) atoms. The number of hydrogen-bond acceptors (Lipinski definition) is 5. The van der Waals surface area contributed by atoms with Crippen molar-refractivity contribution in [3.63, 3.8) is 0 Å². The molecule has 0 aromatic rings. The molecule has 0 aliphatic carbocycles. The van der Waals surface area contributed by atoms with E-state index >= 15 is 0 Å². The lowest BCUT2D eigenvalue weighted by Gasteiger charge is -2.22. The summed E-state index contributed by atoms with van der Waals surface area (Å²) >= 11 is 0. The number of allylic oxidation sites excluding steroid dienone is 4. The van der Waals surface area contributed by atoms with Crippen LogP contribution in [0.15, 0.2) is 24.3 Å². The van der Waals surface area contributed by atoms with Gasteiger partial charge < -0.3 is 20.3 Å². The van der Waals surface area contributed by atoms with Gasteiger partial charge in [-0.3, -0.25) is 9.59 Å². The topological polar surface area (TPSA) is 95.9 Å². The average Bonchev–Trinajstić information content (AvgIpc) is 3.17. The summed E-state index contributed by atoms with van der Waals surface area (Å²) < 4.78 is 5.44. The Hall–Kier alpha value is -1.66. The molecule has 0 heterocycles. The van der Waals surface area contributed by atoms with Gasteiger partial charge in [-0.25, -0.2) is 0 Å². The molecular formula is C48H91NO5. The van der Waals surface area contributed by atoms with Crippen LogP contribution in [0.2, 0.25) is 0 Å². The van der Waals surface area contributed by atoms with E-state index in [1.807, 2.05) is 0 Å². The first-order valence-corrected chi connectivity index (χ1v) is 23.6. The lowest BCUT2D eigenvalue weighted by Crippen LogP contribution is -2.45. The second-order valence-electron chi connectivity index (χ2n) is 16.1. The van der Waals surface area contributed by atoms with Gasteiger partial charge in [-0.15, -0.1) is 0 Å². The van der Waals surface area contributed by atoms with Gasteiger partial charge >= 0.3 is 5.97 Å². The smallest absolute Gasteiger partial charge is 0.305 e. The van der Waals surface area contributed by atoms with Crippen LogP contribution in [-0.2, 0) is 14.3 Å². The number of aliphatic hydroxyl groups is 2. The summed E-state index contributed by atoms with van der Waals surface area (Å²) in [4.78, 5) is 24.4. The Bertz CT molecular complexity index is 843. The number of carbonyl (C=O) groups is 2. The highest BCUT2D eigenvalue weighted by Gasteiger charge is 2.20. The molecule has 0 aliphatic heterocycles. The number of unbranched alkanes of at least 4 members (excludes halogenated alkanes) is 28. The molecule has 2 unspecified atom stereocenters. The third kappa shape index (κ3) is 40.0. The summed E-state index contributed by atoms with van der Waals surface area (Å²) in [5.74, 6) is -0.0778. The van der Waals surface area contributed by atoms with Crippen molar-refractivity contribution in [1.82, 2.24) is 5.32 Å². The average molecular weight is 762 g/mol. The molecule has 0 aliphatic rings. The molecule has 0 radical (unpaired) electrons.